The monoisotopic (exact) mass is 135 g/mol. The molecule has 0 aromatic heterocycles. The summed E-state index contributed by atoms with van der Waals surface area (Å²) in [7, 11) is 1.88. The molecule has 0 spiro atoms. The number of rotatable bonds is 3. The molecule has 1 N–H and O–H groups in total. The van der Waals surface area contributed by atoms with Gasteiger partial charge in [-0.3, -0.25) is 0 Å². The van der Waals surface area contributed by atoms with Gasteiger partial charge in [0, 0.05) is 0 Å². The Bertz CT molecular complexity index is 169. The van der Waals surface area contributed by atoms with Crippen LogP contribution in [0.15, 0.2) is 24.8 Å². The Morgan fingerprint density at radius 1 is 1.60 bits per heavy atom. The molecule has 0 radical (unpaired) electrons. The maximum Gasteiger partial charge on any atom is 0.0876 e. The summed E-state index contributed by atoms with van der Waals surface area (Å²) in [6.07, 6.45) is 5.58. The first-order chi connectivity index (χ1) is 4.85. The van der Waals surface area contributed by atoms with Crippen molar-refractivity contribution in [3.63, 3.8) is 0 Å². The van der Waals surface area contributed by atoms with Crippen LogP contribution in [0.3, 0.4) is 0 Å². The largest absolute Gasteiger partial charge is 0.304 e. The second kappa shape index (κ2) is 6.12. The van der Waals surface area contributed by atoms with E-state index in [9.17, 15) is 0 Å². The first kappa shape index (κ1) is 9.00. The minimum atomic E-state index is 0.156. The number of hydrogen-bond acceptors (Lipinski definition) is 1. The van der Waals surface area contributed by atoms with E-state index in [0.717, 1.165) is 0 Å². The SMILES string of the molecule is C=C/C=C\C(C#CC)NC. The zero-order chi connectivity index (χ0) is 7.82. The molecule has 0 heterocycles. The lowest BCUT2D eigenvalue weighted by Crippen LogP contribution is -2.20. The van der Waals surface area contributed by atoms with Crippen LogP contribution in [-0.4, -0.2) is 13.1 Å². The highest BCUT2D eigenvalue weighted by molar-refractivity contribution is 5.16. The van der Waals surface area contributed by atoms with Gasteiger partial charge < -0.3 is 5.32 Å². The minimum absolute atomic E-state index is 0.156. The van der Waals surface area contributed by atoms with Gasteiger partial charge in [0.15, 0.2) is 0 Å². The lowest BCUT2D eigenvalue weighted by atomic mass is 10.3. The summed E-state index contributed by atoms with van der Waals surface area (Å²) in [4.78, 5) is 0. The van der Waals surface area contributed by atoms with Gasteiger partial charge in [-0.2, -0.15) is 0 Å². The fraction of sp³-hybridized carbons (Fsp3) is 0.333. The molecule has 1 nitrogen and oxygen atoms in total. The average Bonchev–Trinajstić information content (AvgIpc) is 1.98. The van der Waals surface area contributed by atoms with Gasteiger partial charge in [0.1, 0.15) is 0 Å². The van der Waals surface area contributed by atoms with Gasteiger partial charge in [0.25, 0.3) is 0 Å². The average molecular weight is 135 g/mol. The van der Waals surface area contributed by atoms with Crippen LogP contribution in [-0.2, 0) is 0 Å². The van der Waals surface area contributed by atoms with Crippen LogP contribution in [0, 0.1) is 11.8 Å². The number of nitrogens with one attached hydrogen (secondary N) is 1. The van der Waals surface area contributed by atoms with E-state index in [2.05, 4.69) is 23.7 Å². The predicted octanol–water partition coefficient (Wildman–Crippen LogP) is 1.34. The molecule has 0 fully saturated rings. The fourth-order valence-electron chi connectivity index (χ4n) is 0.562. The fourth-order valence-corrected chi connectivity index (χ4v) is 0.562. The number of allylic oxidation sites excluding steroid dienone is 2. The molecule has 0 aromatic rings. The molecule has 0 aliphatic carbocycles. The quantitative estimate of drug-likeness (QED) is 0.455. The summed E-state index contributed by atoms with van der Waals surface area (Å²) in [5.74, 6) is 5.80. The van der Waals surface area contributed by atoms with Gasteiger partial charge in [-0.05, 0) is 14.0 Å². The molecular formula is C9H13N. The smallest absolute Gasteiger partial charge is 0.0876 e. The lowest BCUT2D eigenvalue weighted by molar-refractivity contribution is 0.811. The van der Waals surface area contributed by atoms with Gasteiger partial charge in [-0.15, -0.1) is 5.92 Å². The zero-order valence-corrected chi connectivity index (χ0v) is 6.52. The third kappa shape index (κ3) is 3.94. The molecule has 10 heavy (non-hydrogen) atoms. The van der Waals surface area contributed by atoms with Crippen molar-refractivity contribution in [2.75, 3.05) is 7.05 Å². The first-order valence-electron chi connectivity index (χ1n) is 3.24. The Morgan fingerprint density at radius 2 is 2.30 bits per heavy atom. The molecule has 54 valence electrons. The van der Waals surface area contributed by atoms with Crippen molar-refractivity contribution in [3.05, 3.63) is 24.8 Å². The molecule has 1 heteroatoms. The van der Waals surface area contributed by atoms with Crippen LogP contribution in [0.5, 0.6) is 0 Å². The van der Waals surface area contributed by atoms with Crippen LogP contribution in [0.1, 0.15) is 6.92 Å². The maximum atomic E-state index is 3.56. The molecule has 0 aromatic carbocycles. The van der Waals surface area contributed by atoms with Crippen molar-refractivity contribution < 1.29 is 0 Å². The van der Waals surface area contributed by atoms with E-state index in [-0.39, 0.29) is 6.04 Å². The molecule has 1 atom stereocenters. The number of hydrogen-bond donors (Lipinski definition) is 1. The lowest BCUT2D eigenvalue weighted by Gasteiger charge is -1.99. The summed E-state index contributed by atoms with van der Waals surface area (Å²) in [6.45, 7) is 5.39. The molecule has 1 unspecified atom stereocenters. The minimum Gasteiger partial charge on any atom is -0.304 e. The van der Waals surface area contributed by atoms with Crippen molar-refractivity contribution in [2.45, 2.75) is 13.0 Å². The Labute approximate surface area is 62.8 Å². The molecule has 0 saturated heterocycles. The number of likely N-dealkylation sites (N-methyl/N-ethyl adjacent to an activating group) is 1. The predicted molar refractivity (Wildman–Crippen MR) is 45.6 cm³/mol. The molecule has 0 aliphatic heterocycles. The summed E-state index contributed by atoms with van der Waals surface area (Å²) in [6, 6.07) is 0.156. The van der Waals surface area contributed by atoms with Crippen molar-refractivity contribution in [1.29, 1.82) is 0 Å². The second-order valence-electron chi connectivity index (χ2n) is 1.78. The Balaban J connectivity index is 3.90. The maximum absolute atomic E-state index is 3.56. The van der Waals surface area contributed by atoms with E-state index >= 15 is 0 Å². The van der Waals surface area contributed by atoms with Crippen molar-refractivity contribution in [3.8, 4) is 11.8 Å². The van der Waals surface area contributed by atoms with E-state index in [1.54, 1.807) is 6.08 Å². The van der Waals surface area contributed by atoms with E-state index < -0.39 is 0 Å². The summed E-state index contributed by atoms with van der Waals surface area (Å²) in [5, 5.41) is 3.03. The van der Waals surface area contributed by atoms with Crippen LogP contribution in [0.25, 0.3) is 0 Å². The standard InChI is InChI=1S/C9H13N/c1-4-6-8-9(10-3)7-5-2/h4,6,8-10H,1H2,2-3H3/b8-6-. The first-order valence-corrected chi connectivity index (χ1v) is 3.24. The van der Waals surface area contributed by atoms with Crippen molar-refractivity contribution >= 4 is 0 Å². The summed E-state index contributed by atoms with van der Waals surface area (Å²) < 4.78 is 0. The van der Waals surface area contributed by atoms with Gasteiger partial charge in [-0.1, -0.05) is 30.7 Å². The summed E-state index contributed by atoms with van der Waals surface area (Å²) in [5.41, 5.74) is 0. The van der Waals surface area contributed by atoms with Gasteiger partial charge in [-0.25, -0.2) is 0 Å². The third-order valence-electron chi connectivity index (χ3n) is 1.05. The van der Waals surface area contributed by atoms with Gasteiger partial charge >= 0.3 is 0 Å². The zero-order valence-electron chi connectivity index (χ0n) is 6.52. The Morgan fingerprint density at radius 3 is 2.70 bits per heavy atom. The Hall–Kier alpha value is -1.00. The van der Waals surface area contributed by atoms with E-state index in [0.29, 0.717) is 0 Å². The highest BCUT2D eigenvalue weighted by atomic mass is 14.8. The van der Waals surface area contributed by atoms with Crippen LogP contribution in [0.4, 0.5) is 0 Å². The van der Waals surface area contributed by atoms with E-state index in [1.165, 1.54) is 0 Å². The normalized spacial score (nSPS) is 12.2. The molecule has 0 saturated carbocycles. The highest BCUT2D eigenvalue weighted by Gasteiger charge is 1.90. The van der Waals surface area contributed by atoms with E-state index in [1.807, 2.05) is 26.1 Å². The highest BCUT2D eigenvalue weighted by Crippen LogP contribution is 1.82. The van der Waals surface area contributed by atoms with Crippen LogP contribution < -0.4 is 5.32 Å². The van der Waals surface area contributed by atoms with E-state index in [4.69, 9.17) is 0 Å². The van der Waals surface area contributed by atoms with Crippen LogP contribution >= 0.6 is 0 Å². The van der Waals surface area contributed by atoms with Crippen molar-refractivity contribution in [2.24, 2.45) is 0 Å². The molecule has 0 bridgehead atoms. The topological polar surface area (TPSA) is 12.0 Å². The Kier molecular flexibility index (Phi) is 5.51. The van der Waals surface area contributed by atoms with Crippen molar-refractivity contribution in [1.82, 2.24) is 5.32 Å². The second-order valence-corrected chi connectivity index (χ2v) is 1.78. The molecular weight excluding hydrogens is 122 g/mol. The summed E-state index contributed by atoms with van der Waals surface area (Å²) >= 11 is 0. The molecule has 0 amide bonds. The molecule has 0 rings (SSSR count). The molecule has 0 aliphatic rings. The van der Waals surface area contributed by atoms with Crippen LogP contribution in [0.2, 0.25) is 0 Å². The van der Waals surface area contributed by atoms with Gasteiger partial charge in [0.05, 0.1) is 6.04 Å². The van der Waals surface area contributed by atoms with Gasteiger partial charge in [0.2, 0.25) is 0 Å². The third-order valence-corrected chi connectivity index (χ3v) is 1.05.